The minimum Gasteiger partial charge on any atom is -0.481 e. The number of aliphatic carboxylic acids is 1. The number of hydrogen-bond donors (Lipinski definition) is 2. The van der Waals surface area contributed by atoms with Crippen LogP contribution in [0.25, 0.3) is 0 Å². The standard InChI is InChI=1S/C16H23NO4/c1-16(2,10-15(19)20)9-14(18)17-13(11-21-3)12-7-5-4-6-8-12/h4-8,13H,9-11H2,1-3H3,(H,17,18)(H,19,20). The molecule has 0 saturated heterocycles. The normalized spacial score (nSPS) is 12.7. The highest BCUT2D eigenvalue weighted by Gasteiger charge is 2.26. The molecule has 1 unspecified atom stereocenters. The number of rotatable bonds is 8. The van der Waals surface area contributed by atoms with Crippen LogP contribution in [-0.4, -0.2) is 30.7 Å². The number of benzene rings is 1. The number of hydrogen-bond acceptors (Lipinski definition) is 3. The van der Waals surface area contributed by atoms with Crippen LogP contribution in [0.15, 0.2) is 30.3 Å². The van der Waals surface area contributed by atoms with E-state index in [0.717, 1.165) is 5.56 Å². The molecule has 0 aliphatic rings. The van der Waals surface area contributed by atoms with Crippen molar-refractivity contribution in [1.82, 2.24) is 5.32 Å². The Bertz CT molecular complexity index is 470. The van der Waals surface area contributed by atoms with Crippen molar-refractivity contribution in [3.05, 3.63) is 35.9 Å². The van der Waals surface area contributed by atoms with Crippen LogP contribution in [0.2, 0.25) is 0 Å². The lowest BCUT2D eigenvalue weighted by Gasteiger charge is -2.24. The molecule has 116 valence electrons. The fourth-order valence-corrected chi connectivity index (χ4v) is 2.23. The number of ether oxygens (including phenoxy) is 1. The van der Waals surface area contributed by atoms with Gasteiger partial charge in [-0.3, -0.25) is 9.59 Å². The summed E-state index contributed by atoms with van der Waals surface area (Å²) < 4.78 is 5.15. The maximum absolute atomic E-state index is 12.1. The smallest absolute Gasteiger partial charge is 0.303 e. The first-order valence-corrected chi connectivity index (χ1v) is 6.89. The molecule has 0 aromatic heterocycles. The summed E-state index contributed by atoms with van der Waals surface area (Å²) in [4.78, 5) is 22.9. The molecule has 0 saturated carbocycles. The molecular weight excluding hydrogens is 270 g/mol. The highest BCUT2D eigenvalue weighted by atomic mass is 16.5. The summed E-state index contributed by atoms with van der Waals surface area (Å²) in [5, 5.41) is 11.8. The highest BCUT2D eigenvalue weighted by Crippen LogP contribution is 2.25. The summed E-state index contributed by atoms with van der Waals surface area (Å²) in [6.45, 7) is 3.91. The lowest BCUT2D eigenvalue weighted by Crippen LogP contribution is -2.34. The molecule has 1 amide bonds. The number of nitrogens with one attached hydrogen (secondary N) is 1. The zero-order valence-electron chi connectivity index (χ0n) is 12.8. The number of carbonyl (C=O) groups excluding carboxylic acids is 1. The third-order valence-electron chi connectivity index (χ3n) is 3.14. The zero-order chi connectivity index (χ0) is 15.9. The molecule has 0 bridgehead atoms. The fraction of sp³-hybridized carbons (Fsp3) is 0.500. The Labute approximate surface area is 125 Å². The molecule has 21 heavy (non-hydrogen) atoms. The van der Waals surface area contributed by atoms with E-state index in [2.05, 4.69) is 5.32 Å². The third kappa shape index (κ3) is 6.40. The van der Waals surface area contributed by atoms with Crippen LogP contribution in [0.5, 0.6) is 0 Å². The minimum atomic E-state index is -0.899. The molecule has 2 N–H and O–H groups in total. The monoisotopic (exact) mass is 293 g/mol. The second kappa shape index (κ2) is 7.78. The van der Waals surface area contributed by atoms with Crippen LogP contribution in [0.1, 0.15) is 38.3 Å². The molecule has 5 nitrogen and oxygen atoms in total. The molecule has 1 atom stereocenters. The van der Waals surface area contributed by atoms with Crippen LogP contribution >= 0.6 is 0 Å². The first-order valence-electron chi connectivity index (χ1n) is 6.89. The molecule has 0 spiro atoms. The van der Waals surface area contributed by atoms with Crippen molar-refractivity contribution in [2.24, 2.45) is 5.41 Å². The highest BCUT2D eigenvalue weighted by molar-refractivity contribution is 5.78. The Morgan fingerprint density at radius 3 is 2.38 bits per heavy atom. The second-order valence-corrected chi connectivity index (χ2v) is 5.90. The number of methoxy groups -OCH3 is 1. The maximum Gasteiger partial charge on any atom is 0.303 e. The maximum atomic E-state index is 12.1. The second-order valence-electron chi connectivity index (χ2n) is 5.90. The van der Waals surface area contributed by atoms with E-state index < -0.39 is 11.4 Å². The summed E-state index contributed by atoms with van der Waals surface area (Å²) in [7, 11) is 1.58. The summed E-state index contributed by atoms with van der Waals surface area (Å²) in [5.41, 5.74) is 0.383. The van der Waals surface area contributed by atoms with Crippen LogP contribution < -0.4 is 5.32 Å². The lowest BCUT2D eigenvalue weighted by atomic mass is 9.85. The largest absolute Gasteiger partial charge is 0.481 e. The van der Waals surface area contributed by atoms with E-state index in [1.165, 1.54) is 0 Å². The lowest BCUT2D eigenvalue weighted by molar-refractivity contribution is -0.139. The number of carboxylic acids is 1. The predicted molar refractivity (Wildman–Crippen MR) is 79.9 cm³/mol. The summed E-state index contributed by atoms with van der Waals surface area (Å²) in [6.07, 6.45) is 0.118. The molecule has 0 aliphatic heterocycles. The van der Waals surface area contributed by atoms with Gasteiger partial charge in [0.25, 0.3) is 0 Å². The van der Waals surface area contributed by atoms with Crippen LogP contribution in [0.4, 0.5) is 0 Å². The van der Waals surface area contributed by atoms with Gasteiger partial charge >= 0.3 is 5.97 Å². The molecule has 0 aliphatic carbocycles. The van der Waals surface area contributed by atoms with Crippen LogP contribution in [0, 0.1) is 5.41 Å². The van der Waals surface area contributed by atoms with Crippen molar-refractivity contribution in [2.75, 3.05) is 13.7 Å². The van der Waals surface area contributed by atoms with E-state index in [1.807, 2.05) is 30.3 Å². The average molecular weight is 293 g/mol. The van der Waals surface area contributed by atoms with Crippen molar-refractivity contribution in [1.29, 1.82) is 0 Å². The van der Waals surface area contributed by atoms with Crippen molar-refractivity contribution >= 4 is 11.9 Å². The van der Waals surface area contributed by atoms with Crippen molar-refractivity contribution < 1.29 is 19.4 Å². The van der Waals surface area contributed by atoms with Gasteiger partial charge in [0, 0.05) is 13.5 Å². The van der Waals surface area contributed by atoms with Crippen molar-refractivity contribution in [2.45, 2.75) is 32.7 Å². The van der Waals surface area contributed by atoms with Gasteiger partial charge in [0.1, 0.15) is 0 Å². The Kier molecular flexibility index (Phi) is 6.37. The molecule has 5 heteroatoms. The van der Waals surface area contributed by atoms with Gasteiger partial charge in [0.15, 0.2) is 0 Å². The van der Waals surface area contributed by atoms with Gasteiger partial charge in [-0.15, -0.1) is 0 Å². The van der Waals surface area contributed by atoms with E-state index >= 15 is 0 Å². The predicted octanol–water partition coefficient (Wildman–Crippen LogP) is 2.38. The van der Waals surface area contributed by atoms with Crippen molar-refractivity contribution in [3.8, 4) is 0 Å². The van der Waals surface area contributed by atoms with Gasteiger partial charge in [-0.25, -0.2) is 0 Å². The summed E-state index contributed by atoms with van der Waals surface area (Å²) >= 11 is 0. The van der Waals surface area contributed by atoms with Crippen molar-refractivity contribution in [3.63, 3.8) is 0 Å². The summed E-state index contributed by atoms with van der Waals surface area (Å²) in [6, 6.07) is 9.32. The molecule has 1 aromatic carbocycles. The summed E-state index contributed by atoms with van der Waals surface area (Å²) in [5.74, 6) is -1.07. The van der Waals surface area contributed by atoms with E-state index in [0.29, 0.717) is 6.61 Å². The van der Waals surface area contributed by atoms with Gasteiger partial charge in [-0.05, 0) is 11.0 Å². The van der Waals surface area contributed by atoms with Gasteiger partial charge in [-0.1, -0.05) is 44.2 Å². The van der Waals surface area contributed by atoms with Gasteiger partial charge in [0.2, 0.25) is 5.91 Å². The quantitative estimate of drug-likeness (QED) is 0.771. The Morgan fingerprint density at radius 1 is 1.24 bits per heavy atom. The SMILES string of the molecule is COCC(NC(=O)CC(C)(C)CC(=O)O)c1ccccc1. The molecule has 0 heterocycles. The molecule has 0 fully saturated rings. The molecule has 0 radical (unpaired) electrons. The average Bonchev–Trinajstić information content (AvgIpc) is 2.36. The van der Waals surface area contributed by atoms with Gasteiger partial charge in [0.05, 0.1) is 19.1 Å². The fourth-order valence-electron chi connectivity index (χ4n) is 2.23. The van der Waals surface area contributed by atoms with E-state index in [1.54, 1.807) is 21.0 Å². The van der Waals surface area contributed by atoms with Crippen LogP contribution in [0.3, 0.4) is 0 Å². The van der Waals surface area contributed by atoms with Gasteiger partial charge < -0.3 is 15.2 Å². The molecular formula is C16H23NO4. The van der Waals surface area contributed by atoms with E-state index in [4.69, 9.17) is 9.84 Å². The van der Waals surface area contributed by atoms with E-state index in [9.17, 15) is 9.59 Å². The number of carbonyl (C=O) groups is 2. The zero-order valence-corrected chi connectivity index (χ0v) is 12.8. The minimum absolute atomic E-state index is 0.0410. The first kappa shape index (κ1) is 17.2. The molecule has 1 rings (SSSR count). The van der Waals surface area contributed by atoms with Gasteiger partial charge in [-0.2, -0.15) is 0 Å². The van der Waals surface area contributed by atoms with Crippen LogP contribution in [-0.2, 0) is 14.3 Å². The Hall–Kier alpha value is -1.88. The third-order valence-corrected chi connectivity index (χ3v) is 3.14. The number of carboxylic acid groups (broad SMARTS) is 1. The Balaban J connectivity index is 2.67. The number of amides is 1. The topological polar surface area (TPSA) is 75.6 Å². The molecule has 1 aromatic rings. The first-order chi connectivity index (χ1) is 9.84. The Morgan fingerprint density at radius 2 is 1.86 bits per heavy atom. The van der Waals surface area contributed by atoms with E-state index in [-0.39, 0.29) is 24.8 Å².